The van der Waals surface area contributed by atoms with Gasteiger partial charge in [-0.25, -0.2) is 23.2 Å². The molecule has 10 nitrogen and oxygen atoms in total. The second kappa shape index (κ2) is 9.49. The van der Waals surface area contributed by atoms with E-state index < -0.39 is 15.9 Å². The third kappa shape index (κ3) is 5.25. The van der Waals surface area contributed by atoms with Crippen LogP contribution in [0.1, 0.15) is 32.1 Å². The normalized spacial score (nSPS) is 14.6. The summed E-state index contributed by atoms with van der Waals surface area (Å²) in [6, 6.07) is 4.37. The van der Waals surface area contributed by atoms with Gasteiger partial charge in [0.05, 0.1) is 22.5 Å². The molecule has 0 atom stereocenters. The smallest absolute Gasteiger partial charge is 0.329 e. The van der Waals surface area contributed by atoms with Gasteiger partial charge in [-0.15, -0.1) is 0 Å². The van der Waals surface area contributed by atoms with Crippen LogP contribution in [-0.2, 0) is 9.84 Å². The monoisotopic (exact) mass is 467 g/mol. The van der Waals surface area contributed by atoms with Crippen molar-refractivity contribution >= 4 is 33.2 Å². The summed E-state index contributed by atoms with van der Waals surface area (Å²) in [5.41, 5.74) is 7.59. The molecule has 0 aromatic carbocycles. The molecular formula is C22H25N7O3S. The van der Waals surface area contributed by atoms with Gasteiger partial charge in [0.1, 0.15) is 0 Å². The third-order valence-electron chi connectivity index (χ3n) is 5.53. The van der Waals surface area contributed by atoms with Crippen molar-refractivity contribution in [3.05, 3.63) is 49.2 Å². The van der Waals surface area contributed by atoms with Crippen molar-refractivity contribution < 1.29 is 13.2 Å². The average molecular weight is 468 g/mol. The lowest BCUT2D eigenvalue weighted by Gasteiger charge is -2.34. The zero-order chi connectivity index (χ0) is 23.4. The van der Waals surface area contributed by atoms with E-state index in [-0.39, 0.29) is 10.9 Å². The minimum absolute atomic E-state index is 0.0825. The molecule has 172 valence electrons. The summed E-state index contributed by atoms with van der Waals surface area (Å²) >= 11 is 0. The van der Waals surface area contributed by atoms with E-state index in [4.69, 9.17) is 5.73 Å². The van der Waals surface area contributed by atoms with E-state index in [1.165, 1.54) is 37.1 Å². The summed E-state index contributed by atoms with van der Waals surface area (Å²) in [6.07, 6.45) is 13.2. The van der Waals surface area contributed by atoms with E-state index in [0.29, 0.717) is 28.6 Å². The zero-order valence-electron chi connectivity index (χ0n) is 18.2. The molecular weight excluding hydrogens is 442 g/mol. The number of nitrogens with one attached hydrogen (secondary N) is 1. The highest BCUT2D eigenvalue weighted by atomic mass is 32.2. The summed E-state index contributed by atoms with van der Waals surface area (Å²) in [7, 11) is -3.44. The zero-order valence-corrected chi connectivity index (χ0v) is 19.0. The van der Waals surface area contributed by atoms with Crippen LogP contribution in [0.4, 0.5) is 22.1 Å². The van der Waals surface area contributed by atoms with Crippen molar-refractivity contribution in [1.82, 2.24) is 19.9 Å². The predicted molar refractivity (Wildman–Crippen MR) is 125 cm³/mol. The number of amides is 2. The maximum absolute atomic E-state index is 13.4. The van der Waals surface area contributed by atoms with Crippen molar-refractivity contribution in [2.75, 3.05) is 22.2 Å². The molecule has 33 heavy (non-hydrogen) atoms. The summed E-state index contributed by atoms with van der Waals surface area (Å²) in [5.74, 6) is 0.633. The van der Waals surface area contributed by atoms with E-state index in [0.717, 1.165) is 38.4 Å². The summed E-state index contributed by atoms with van der Waals surface area (Å²) < 4.78 is 23.9. The Morgan fingerprint density at radius 2 is 1.88 bits per heavy atom. The lowest BCUT2D eigenvalue weighted by atomic mass is 9.94. The number of nitrogens with two attached hydrogens (primary N) is 1. The average Bonchev–Trinajstić information content (AvgIpc) is 2.81. The first-order valence-corrected chi connectivity index (χ1v) is 12.5. The number of aromatic nitrogens is 4. The molecule has 1 aliphatic carbocycles. The maximum atomic E-state index is 13.4. The highest BCUT2D eigenvalue weighted by Crippen LogP contribution is 2.32. The number of sulfone groups is 1. The molecule has 3 N–H and O–H groups in total. The molecule has 0 saturated heterocycles. The lowest BCUT2D eigenvalue weighted by Crippen LogP contribution is -2.45. The number of pyridine rings is 2. The Kier molecular flexibility index (Phi) is 6.50. The molecule has 0 unspecified atom stereocenters. The minimum atomic E-state index is -3.44. The van der Waals surface area contributed by atoms with Gasteiger partial charge in [0.25, 0.3) is 0 Å². The van der Waals surface area contributed by atoms with Crippen LogP contribution in [0.5, 0.6) is 0 Å². The molecule has 0 radical (unpaired) electrons. The van der Waals surface area contributed by atoms with Crippen LogP contribution in [0.15, 0.2) is 54.1 Å². The van der Waals surface area contributed by atoms with Crippen LogP contribution in [0, 0.1) is 0 Å². The first kappa shape index (κ1) is 22.6. The fourth-order valence-electron chi connectivity index (χ4n) is 3.88. The lowest BCUT2D eigenvalue weighted by molar-refractivity contribution is 0.252. The Balaban J connectivity index is 1.74. The number of anilines is 3. The molecule has 1 fully saturated rings. The largest absolute Gasteiger partial charge is 0.396 e. The number of carbonyl (C=O) groups is 1. The van der Waals surface area contributed by atoms with Crippen molar-refractivity contribution in [2.24, 2.45) is 0 Å². The van der Waals surface area contributed by atoms with Gasteiger partial charge in [-0.2, -0.15) is 0 Å². The van der Waals surface area contributed by atoms with Crippen molar-refractivity contribution in [3.8, 4) is 11.3 Å². The number of hydrogen-bond acceptors (Lipinski definition) is 8. The van der Waals surface area contributed by atoms with Crippen molar-refractivity contribution in [2.45, 2.75) is 43.0 Å². The topological polar surface area (TPSA) is 144 Å². The molecule has 0 spiro atoms. The van der Waals surface area contributed by atoms with Gasteiger partial charge in [0, 0.05) is 42.6 Å². The molecule has 3 aromatic heterocycles. The van der Waals surface area contributed by atoms with Gasteiger partial charge >= 0.3 is 6.03 Å². The van der Waals surface area contributed by atoms with E-state index in [1.54, 1.807) is 17.0 Å². The first-order chi connectivity index (χ1) is 15.8. The fraction of sp³-hybridized carbons (Fsp3) is 0.318. The number of rotatable bonds is 5. The molecule has 1 aliphatic rings. The molecule has 2 amide bonds. The maximum Gasteiger partial charge on any atom is 0.329 e. The number of nitrogens with zero attached hydrogens (tertiary/aromatic N) is 5. The standard InChI is InChI=1S/C22H25N7O3S/c1-33(31,32)17-11-15(12-25-13-17)19-8-7-18(23)21(27-19)29(16-5-3-2-4-6-16)22(30)28-20-14-24-9-10-26-20/h7-14,16H,2-6,23H2,1H3,(H,26,28,30). The number of carbonyl (C=O) groups excluding carboxylic acids is 1. The SMILES string of the molecule is CS(=O)(=O)c1cncc(-c2ccc(N)c(N(C(=O)Nc3cnccn3)C3CCCCC3)n2)c1. The fourth-order valence-corrected chi connectivity index (χ4v) is 4.48. The van der Waals surface area contributed by atoms with E-state index in [9.17, 15) is 13.2 Å². The van der Waals surface area contributed by atoms with Gasteiger partial charge in [0.15, 0.2) is 21.5 Å². The Bertz CT molecular complexity index is 1250. The van der Waals surface area contributed by atoms with E-state index in [2.05, 4.69) is 25.3 Å². The summed E-state index contributed by atoms with van der Waals surface area (Å²) in [5, 5.41) is 2.78. The van der Waals surface area contributed by atoms with E-state index in [1.807, 2.05) is 0 Å². The van der Waals surface area contributed by atoms with Gasteiger partial charge in [0.2, 0.25) is 0 Å². The quantitative estimate of drug-likeness (QED) is 0.581. The number of nitrogen functional groups attached to an aromatic ring is 1. The highest BCUT2D eigenvalue weighted by molar-refractivity contribution is 7.90. The van der Waals surface area contributed by atoms with Crippen LogP contribution >= 0.6 is 0 Å². The van der Waals surface area contributed by atoms with Crippen molar-refractivity contribution in [1.29, 1.82) is 0 Å². The molecule has 0 bridgehead atoms. The highest BCUT2D eigenvalue weighted by Gasteiger charge is 2.30. The van der Waals surface area contributed by atoms with Crippen LogP contribution in [0.25, 0.3) is 11.3 Å². The molecule has 11 heteroatoms. The van der Waals surface area contributed by atoms with Crippen LogP contribution in [0.3, 0.4) is 0 Å². The Morgan fingerprint density at radius 3 is 2.58 bits per heavy atom. The molecule has 3 heterocycles. The molecule has 3 aromatic rings. The third-order valence-corrected chi connectivity index (χ3v) is 6.61. The van der Waals surface area contributed by atoms with Gasteiger partial charge in [-0.3, -0.25) is 20.2 Å². The second-order valence-corrected chi connectivity index (χ2v) is 9.99. The number of urea groups is 1. The van der Waals surface area contributed by atoms with Gasteiger partial charge in [-0.05, 0) is 31.0 Å². The molecule has 1 saturated carbocycles. The van der Waals surface area contributed by atoms with Gasteiger partial charge in [-0.1, -0.05) is 19.3 Å². The van der Waals surface area contributed by atoms with Crippen LogP contribution in [0.2, 0.25) is 0 Å². The number of hydrogen-bond donors (Lipinski definition) is 2. The summed E-state index contributed by atoms with van der Waals surface area (Å²) in [6.45, 7) is 0. The van der Waals surface area contributed by atoms with Gasteiger partial charge < -0.3 is 5.73 Å². The Hall–Kier alpha value is -3.60. The predicted octanol–water partition coefficient (Wildman–Crippen LogP) is 3.29. The minimum Gasteiger partial charge on any atom is -0.396 e. The Labute approximate surface area is 192 Å². The van der Waals surface area contributed by atoms with E-state index >= 15 is 0 Å². The van der Waals surface area contributed by atoms with Crippen molar-refractivity contribution in [3.63, 3.8) is 0 Å². The van der Waals surface area contributed by atoms with Crippen LogP contribution < -0.4 is 16.0 Å². The Morgan fingerprint density at radius 1 is 1.09 bits per heavy atom. The molecule has 0 aliphatic heterocycles. The second-order valence-electron chi connectivity index (χ2n) is 7.97. The summed E-state index contributed by atoms with van der Waals surface area (Å²) in [4.78, 5) is 31.9. The van der Waals surface area contributed by atoms with Crippen LogP contribution in [-0.4, -0.2) is 46.7 Å². The molecule has 4 rings (SSSR count). The first-order valence-electron chi connectivity index (χ1n) is 10.6.